The standard InChI is InChI=1S/C11H9ClF4O4S/c1-6(17)20-21(18,19)10(5-11(14,15)16)7-2-3-8(12)9(13)4-7/h2-4,10H,5H2,1H3. The van der Waals surface area contributed by atoms with E-state index >= 15 is 0 Å². The van der Waals surface area contributed by atoms with Crippen molar-refractivity contribution in [2.24, 2.45) is 0 Å². The molecule has 1 unspecified atom stereocenters. The van der Waals surface area contributed by atoms with Gasteiger partial charge >= 0.3 is 22.3 Å². The molecule has 0 aromatic heterocycles. The van der Waals surface area contributed by atoms with Crippen molar-refractivity contribution in [1.29, 1.82) is 0 Å². The molecule has 0 aliphatic heterocycles. The summed E-state index contributed by atoms with van der Waals surface area (Å²) in [5, 5.41) is -2.65. The summed E-state index contributed by atoms with van der Waals surface area (Å²) in [6.45, 7) is 0.727. The first-order valence-electron chi connectivity index (χ1n) is 5.38. The zero-order valence-corrected chi connectivity index (χ0v) is 12.0. The smallest absolute Gasteiger partial charge is 0.346 e. The third-order valence-electron chi connectivity index (χ3n) is 2.31. The van der Waals surface area contributed by atoms with E-state index in [0.29, 0.717) is 6.07 Å². The van der Waals surface area contributed by atoms with Crippen molar-refractivity contribution < 1.29 is 35.0 Å². The maximum atomic E-state index is 13.3. The van der Waals surface area contributed by atoms with Gasteiger partial charge in [0.1, 0.15) is 11.1 Å². The fraction of sp³-hybridized carbons (Fsp3) is 0.364. The van der Waals surface area contributed by atoms with Gasteiger partial charge in [-0.2, -0.15) is 21.6 Å². The van der Waals surface area contributed by atoms with Crippen molar-refractivity contribution in [2.75, 3.05) is 0 Å². The molecule has 0 amide bonds. The van der Waals surface area contributed by atoms with E-state index in [0.717, 1.165) is 19.1 Å². The lowest BCUT2D eigenvalue weighted by Gasteiger charge is -2.18. The Kier molecular flexibility index (Phi) is 5.21. The monoisotopic (exact) mass is 348 g/mol. The highest BCUT2D eigenvalue weighted by Crippen LogP contribution is 2.36. The number of benzene rings is 1. The normalized spacial score (nSPS) is 13.8. The van der Waals surface area contributed by atoms with E-state index in [-0.39, 0.29) is 5.02 Å². The molecule has 118 valence electrons. The fourth-order valence-electron chi connectivity index (χ4n) is 1.53. The van der Waals surface area contributed by atoms with Gasteiger partial charge in [0, 0.05) is 6.92 Å². The van der Waals surface area contributed by atoms with Crippen LogP contribution in [0.25, 0.3) is 0 Å². The minimum absolute atomic E-state index is 0.380. The predicted molar refractivity (Wildman–Crippen MR) is 65.5 cm³/mol. The molecule has 1 aromatic carbocycles. The summed E-state index contributed by atoms with van der Waals surface area (Å²) in [5.41, 5.74) is -0.518. The Labute approximate surface area is 122 Å². The Morgan fingerprint density at radius 1 is 1.38 bits per heavy atom. The van der Waals surface area contributed by atoms with Crippen LogP contribution in [-0.4, -0.2) is 20.6 Å². The van der Waals surface area contributed by atoms with Gasteiger partial charge in [-0.1, -0.05) is 17.7 Å². The fourth-order valence-corrected chi connectivity index (χ4v) is 2.97. The van der Waals surface area contributed by atoms with Crippen LogP contribution in [0.2, 0.25) is 5.02 Å². The maximum Gasteiger partial charge on any atom is 0.390 e. The minimum atomic E-state index is -4.92. The van der Waals surface area contributed by atoms with E-state index in [1.807, 2.05) is 0 Å². The van der Waals surface area contributed by atoms with Crippen LogP contribution in [0, 0.1) is 5.82 Å². The molecule has 1 rings (SSSR count). The van der Waals surface area contributed by atoms with Gasteiger partial charge in [-0.15, -0.1) is 0 Å². The average molecular weight is 349 g/mol. The number of carbonyl (C=O) groups excluding carboxylic acids is 1. The molecule has 21 heavy (non-hydrogen) atoms. The van der Waals surface area contributed by atoms with Gasteiger partial charge in [0.15, 0.2) is 0 Å². The van der Waals surface area contributed by atoms with E-state index in [4.69, 9.17) is 11.6 Å². The summed E-state index contributed by atoms with van der Waals surface area (Å²) < 4.78 is 78.2. The number of hydrogen-bond acceptors (Lipinski definition) is 4. The van der Waals surface area contributed by atoms with Crippen LogP contribution < -0.4 is 0 Å². The first kappa shape index (κ1) is 17.7. The first-order valence-corrected chi connectivity index (χ1v) is 7.23. The number of hydrogen-bond donors (Lipinski definition) is 0. The molecule has 1 aromatic rings. The Bertz CT molecular complexity index is 642. The Morgan fingerprint density at radius 3 is 2.38 bits per heavy atom. The van der Waals surface area contributed by atoms with Crippen molar-refractivity contribution in [3.05, 3.63) is 34.6 Å². The summed E-state index contributed by atoms with van der Waals surface area (Å²) >= 11 is 5.38. The molecule has 0 N–H and O–H groups in total. The molecule has 0 saturated heterocycles. The highest BCUT2D eigenvalue weighted by Gasteiger charge is 2.41. The second-order valence-electron chi connectivity index (χ2n) is 4.05. The number of carbonyl (C=O) groups is 1. The highest BCUT2D eigenvalue weighted by atomic mass is 35.5. The second kappa shape index (κ2) is 6.18. The van der Waals surface area contributed by atoms with Gasteiger partial charge in [0.25, 0.3) is 0 Å². The van der Waals surface area contributed by atoms with Crippen molar-refractivity contribution in [3.63, 3.8) is 0 Å². The van der Waals surface area contributed by atoms with Crippen LogP contribution in [0.3, 0.4) is 0 Å². The van der Waals surface area contributed by atoms with E-state index in [2.05, 4.69) is 4.18 Å². The summed E-state index contributed by atoms with van der Waals surface area (Å²) in [6, 6.07) is 2.39. The summed E-state index contributed by atoms with van der Waals surface area (Å²) in [7, 11) is -4.92. The lowest BCUT2D eigenvalue weighted by molar-refractivity contribution is -0.137. The molecular formula is C11H9ClF4O4S. The molecule has 10 heteroatoms. The predicted octanol–water partition coefficient (Wildman–Crippen LogP) is 3.37. The van der Waals surface area contributed by atoms with Crippen molar-refractivity contribution in [3.8, 4) is 0 Å². The zero-order chi connectivity index (χ0) is 16.4. The molecule has 1 atom stereocenters. The zero-order valence-electron chi connectivity index (χ0n) is 10.4. The molecule has 0 aliphatic rings. The summed E-state index contributed by atoms with van der Waals surface area (Å²) in [5.74, 6) is -2.38. The van der Waals surface area contributed by atoms with E-state index in [1.54, 1.807) is 0 Å². The van der Waals surface area contributed by atoms with Crippen LogP contribution in [0.1, 0.15) is 24.2 Å². The molecular weight excluding hydrogens is 340 g/mol. The van der Waals surface area contributed by atoms with Crippen molar-refractivity contribution in [2.45, 2.75) is 24.8 Å². The molecule has 0 radical (unpaired) electrons. The third kappa shape index (κ3) is 5.16. The molecule has 0 fully saturated rings. The maximum absolute atomic E-state index is 13.3. The Morgan fingerprint density at radius 2 is 1.95 bits per heavy atom. The molecule has 4 nitrogen and oxygen atoms in total. The van der Waals surface area contributed by atoms with Gasteiger partial charge in [0.2, 0.25) is 0 Å². The van der Waals surface area contributed by atoms with Gasteiger partial charge in [0.05, 0.1) is 11.4 Å². The second-order valence-corrected chi connectivity index (χ2v) is 6.18. The van der Waals surface area contributed by atoms with Gasteiger partial charge in [-0.3, -0.25) is 4.79 Å². The van der Waals surface area contributed by atoms with E-state index in [9.17, 15) is 30.8 Å². The van der Waals surface area contributed by atoms with E-state index < -0.39 is 45.3 Å². The number of rotatable bonds is 4. The van der Waals surface area contributed by atoms with Crippen LogP contribution >= 0.6 is 11.6 Å². The lowest BCUT2D eigenvalue weighted by atomic mass is 10.1. The largest absolute Gasteiger partial charge is 0.390 e. The molecule has 0 heterocycles. The quantitative estimate of drug-likeness (QED) is 0.618. The summed E-state index contributed by atoms with van der Waals surface area (Å²) in [6.07, 6.45) is -6.70. The van der Waals surface area contributed by atoms with Crippen LogP contribution in [0.5, 0.6) is 0 Å². The molecule has 0 bridgehead atoms. The topological polar surface area (TPSA) is 60.4 Å². The molecule has 0 aliphatic carbocycles. The van der Waals surface area contributed by atoms with Crippen LogP contribution in [-0.2, 0) is 19.1 Å². The Hall–Kier alpha value is -1.35. The van der Waals surface area contributed by atoms with Gasteiger partial charge < -0.3 is 4.18 Å². The third-order valence-corrected chi connectivity index (χ3v) is 4.22. The van der Waals surface area contributed by atoms with Gasteiger partial charge in [-0.05, 0) is 17.7 Å². The van der Waals surface area contributed by atoms with Crippen molar-refractivity contribution in [1.82, 2.24) is 0 Å². The lowest BCUT2D eigenvalue weighted by Crippen LogP contribution is -2.24. The van der Waals surface area contributed by atoms with Crippen molar-refractivity contribution >= 4 is 27.7 Å². The van der Waals surface area contributed by atoms with Crippen LogP contribution in [0.15, 0.2) is 18.2 Å². The first-order chi connectivity index (χ1) is 9.42. The number of alkyl halides is 3. The number of halogens is 5. The highest BCUT2D eigenvalue weighted by molar-refractivity contribution is 7.87. The molecule has 0 spiro atoms. The minimum Gasteiger partial charge on any atom is -0.346 e. The average Bonchev–Trinajstić information content (AvgIpc) is 2.27. The van der Waals surface area contributed by atoms with E-state index in [1.165, 1.54) is 0 Å². The SMILES string of the molecule is CC(=O)OS(=O)(=O)C(CC(F)(F)F)c1ccc(Cl)c(F)c1. The van der Waals surface area contributed by atoms with Gasteiger partial charge in [-0.25, -0.2) is 4.39 Å². The Balaban J connectivity index is 3.31. The van der Waals surface area contributed by atoms with Crippen LogP contribution in [0.4, 0.5) is 17.6 Å². The molecule has 0 saturated carbocycles. The summed E-state index contributed by atoms with van der Waals surface area (Å²) in [4.78, 5) is 10.7.